The van der Waals surface area contributed by atoms with E-state index in [1.807, 2.05) is 17.5 Å². The molecule has 0 aliphatic carbocycles. The lowest BCUT2D eigenvalue weighted by atomic mass is 10.2. The molecule has 96 valence electrons. The number of hydrogen-bond donors (Lipinski definition) is 2. The minimum absolute atomic E-state index is 0.403. The van der Waals surface area contributed by atoms with Crippen molar-refractivity contribution in [2.24, 2.45) is 0 Å². The molecule has 18 heavy (non-hydrogen) atoms. The summed E-state index contributed by atoms with van der Waals surface area (Å²) in [4.78, 5) is 11.3. The number of ether oxygens (including phenoxy) is 1. The van der Waals surface area contributed by atoms with E-state index in [4.69, 9.17) is 9.84 Å². The fraction of sp³-hybridized carbons (Fsp3) is 0.250. The number of methoxy groups -OCH3 is 1. The smallest absolute Gasteiger partial charge is 0.346 e. The Balaban J connectivity index is 1.92. The average Bonchev–Trinajstić information content (AvgIpc) is 2.97. The van der Waals surface area contributed by atoms with E-state index < -0.39 is 5.97 Å². The third kappa shape index (κ3) is 2.90. The lowest BCUT2D eigenvalue weighted by molar-refractivity contribution is 0.0701. The lowest BCUT2D eigenvalue weighted by Crippen LogP contribution is -2.14. The van der Waals surface area contributed by atoms with Crippen LogP contribution in [0.15, 0.2) is 22.9 Å². The van der Waals surface area contributed by atoms with Crippen LogP contribution in [-0.4, -0.2) is 18.2 Å². The summed E-state index contributed by atoms with van der Waals surface area (Å²) >= 11 is 2.80. The maximum atomic E-state index is 10.9. The molecule has 0 aromatic carbocycles. The fourth-order valence-electron chi connectivity index (χ4n) is 1.63. The van der Waals surface area contributed by atoms with Crippen molar-refractivity contribution in [2.45, 2.75) is 13.1 Å². The van der Waals surface area contributed by atoms with Gasteiger partial charge in [0.1, 0.15) is 4.88 Å². The van der Waals surface area contributed by atoms with E-state index in [0.29, 0.717) is 18.0 Å². The van der Waals surface area contributed by atoms with Crippen molar-refractivity contribution in [1.29, 1.82) is 0 Å². The van der Waals surface area contributed by atoms with Crippen LogP contribution in [-0.2, 0) is 13.1 Å². The number of carboxylic acid groups (broad SMARTS) is 1. The monoisotopic (exact) mass is 283 g/mol. The molecule has 0 amide bonds. The number of hydrogen-bond acceptors (Lipinski definition) is 5. The van der Waals surface area contributed by atoms with E-state index in [-0.39, 0.29) is 0 Å². The first-order valence-electron chi connectivity index (χ1n) is 5.33. The van der Waals surface area contributed by atoms with Crippen molar-refractivity contribution in [3.63, 3.8) is 0 Å². The molecular weight excluding hydrogens is 270 g/mol. The van der Waals surface area contributed by atoms with Gasteiger partial charge in [-0.3, -0.25) is 0 Å². The molecule has 2 heterocycles. The van der Waals surface area contributed by atoms with Gasteiger partial charge in [-0.2, -0.15) is 0 Å². The average molecular weight is 283 g/mol. The van der Waals surface area contributed by atoms with Gasteiger partial charge in [-0.15, -0.1) is 22.7 Å². The molecule has 2 rings (SSSR count). The van der Waals surface area contributed by atoms with Crippen LogP contribution in [0.25, 0.3) is 0 Å². The van der Waals surface area contributed by atoms with E-state index >= 15 is 0 Å². The molecule has 2 aromatic rings. The Morgan fingerprint density at radius 2 is 1.94 bits per heavy atom. The first-order chi connectivity index (χ1) is 8.72. The molecule has 0 atom stereocenters. The summed E-state index contributed by atoms with van der Waals surface area (Å²) in [6.45, 7) is 1.21. The van der Waals surface area contributed by atoms with Crippen LogP contribution < -0.4 is 10.1 Å². The number of nitrogens with one attached hydrogen (secondary N) is 1. The van der Waals surface area contributed by atoms with Crippen LogP contribution >= 0.6 is 22.7 Å². The summed E-state index contributed by atoms with van der Waals surface area (Å²) in [6.07, 6.45) is 0. The van der Waals surface area contributed by atoms with Gasteiger partial charge in [0.25, 0.3) is 0 Å². The zero-order valence-electron chi connectivity index (χ0n) is 9.80. The summed E-state index contributed by atoms with van der Waals surface area (Å²) < 4.78 is 5.22. The quantitative estimate of drug-likeness (QED) is 0.856. The third-order valence-electron chi connectivity index (χ3n) is 2.46. The maximum Gasteiger partial charge on any atom is 0.346 e. The second-order valence-corrected chi connectivity index (χ2v) is 5.42. The van der Waals surface area contributed by atoms with Gasteiger partial charge in [-0.05, 0) is 28.5 Å². The SMILES string of the molecule is COc1sccc1CNCc1ccsc1C(=O)O. The largest absolute Gasteiger partial charge is 0.487 e. The number of carboxylic acids is 1. The van der Waals surface area contributed by atoms with Crippen molar-refractivity contribution < 1.29 is 14.6 Å². The summed E-state index contributed by atoms with van der Waals surface area (Å²) in [5.74, 6) is -0.866. The van der Waals surface area contributed by atoms with Crippen molar-refractivity contribution >= 4 is 28.6 Å². The van der Waals surface area contributed by atoms with Crippen molar-refractivity contribution in [2.75, 3.05) is 7.11 Å². The molecule has 4 nitrogen and oxygen atoms in total. The van der Waals surface area contributed by atoms with E-state index in [9.17, 15) is 4.79 Å². The van der Waals surface area contributed by atoms with Crippen LogP contribution in [0.3, 0.4) is 0 Å². The summed E-state index contributed by atoms with van der Waals surface area (Å²) in [5, 5.41) is 16.9. The van der Waals surface area contributed by atoms with Gasteiger partial charge < -0.3 is 15.2 Å². The molecule has 0 aliphatic heterocycles. The highest BCUT2D eigenvalue weighted by molar-refractivity contribution is 7.12. The van der Waals surface area contributed by atoms with E-state index in [0.717, 1.165) is 16.2 Å². The van der Waals surface area contributed by atoms with Gasteiger partial charge in [0, 0.05) is 18.7 Å². The molecule has 0 spiro atoms. The van der Waals surface area contributed by atoms with Gasteiger partial charge in [0.05, 0.1) is 7.11 Å². The summed E-state index contributed by atoms with van der Waals surface area (Å²) in [5.41, 5.74) is 1.91. The Morgan fingerprint density at radius 1 is 1.28 bits per heavy atom. The molecule has 0 bridgehead atoms. The third-order valence-corrected chi connectivity index (χ3v) is 4.32. The Bertz CT molecular complexity index is 533. The van der Waals surface area contributed by atoms with Gasteiger partial charge in [0.15, 0.2) is 5.06 Å². The molecule has 2 N–H and O–H groups in total. The molecule has 0 radical (unpaired) electrons. The lowest BCUT2D eigenvalue weighted by Gasteiger charge is -2.05. The summed E-state index contributed by atoms with van der Waals surface area (Å²) in [7, 11) is 1.65. The number of thiophene rings is 2. The van der Waals surface area contributed by atoms with Gasteiger partial charge in [-0.25, -0.2) is 4.79 Å². The highest BCUT2D eigenvalue weighted by Crippen LogP contribution is 2.25. The van der Waals surface area contributed by atoms with Gasteiger partial charge in [0.2, 0.25) is 0 Å². The fourth-order valence-corrected chi connectivity index (χ4v) is 3.13. The highest BCUT2D eigenvalue weighted by Gasteiger charge is 2.11. The first-order valence-corrected chi connectivity index (χ1v) is 7.09. The number of rotatable bonds is 6. The second kappa shape index (κ2) is 5.99. The molecule has 0 aliphatic rings. The molecule has 0 saturated heterocycles. The second-order valence-electron chi connectivity index (χ2n) is 3.62. The van der Waals surface area contributed by atoms with E-state index in [2.05, 4.69) is 5.32 Å². The molecule has 2 aromatic heterocycles. The number of carbonyl (C=O) groups is 1. The Morgan fingerprint density at radius 3 is 2.67 bits per heavy atom. The molecule has 0 unspecified atom stereocenters. The van der Waals surface area contributed by atoms with Crippen LogP contribution in [0.4, 0.5) is 0 Å². The zero-order chi connectivity index (χ0) is 13.0. The normalized spacial score (nSPS) is 10.5. The van der Waals surface area contributed by atoms with Crippen LogP contribution in [0.5, 0.6) is 5.06 Å². The molecular formula is C12H13NO3S2. The highest BCUT2D eigenvalue weighted by atomic mass is 32.1. The molecule has 6 heteroatoms. The zero-order valence-corrected chi connectivity index (χ0v) is 11.4. The van der Waals surface area contributed by atoms with Gasteiger partial charge >= 0.3 is 5.97 Å². The van der Waals surface area contributed by atoms with Crippen molar-refractivity contribution in [3.8, 4) is 5.06 Å². The maximum absolute atomic E-state index is 10.9. The van der Waals surface area contributed by atoms with Crippen LogP contribution in [0.1, 0.15) is 20.8 Å². The predicted molar refractivity (Wildman–Crippen MR) is 72.7 cm³/mol. The number of aromatic carboxylic acids is 1. The predicted octanol–water partition coefficient (Wildman–Crippen LogP) is 2.81. The first kappa shape index (κ1) is 13.1. The Labute approximate surface area is 113 Å². The van der Waals surface area contributed by atoms with E-state index in [1.54, 1.807) is 23.8 Å². The van der Waals surface area contributed by atoms with Crippen LogP contribution in [0, 0.1) is 0 Å². The van der Waals surface area contributed by atoms with Crippen molar-refractivity contribution in [1.82, 2.24) is 5.32 Å². The molecule has 0 fully saturated rings. The minimum Gasteiger partial charge on any atom is -0.487 e. The summed E-state index contributed by atoms with van der Waals surface area (Å²) in [6, 6.07) is 3.84. The van der Waals surface area contributed by atoms with Crippen LogP contribution in [0.2, 0.25) is 0 Å². The Hall–Kier alpha value is -1.37. The standard InChI is InChI=1S/C12H13NO3S2/c1-16-12-9(3-5-18-12)7-13-6-8-2-4-17-10(8)11(14)15/h2-5,13H,6-7H2,1H3,(H,14,15). The Kier molecular flexibility index (Phi) is 4.35. The topological polar surface area (TPSA) is 58.6 Å². The van der Waals surface area contributed by atoms with E-state index in [1.165, 1.54) is 11.3 Å². The van der Waals surface area contributed by atoms with Crippen molar-refractivity contribution in [3.05, 3.63) is 38.9 Å². The minimum atomic E-state index is -0.866. The van der Waals surface area contributed by atoms with Gasteiger partial charge in [-0.1, -0.05) is 0 Å². The molecule has 0 saturated carbocycles.